The van der Waals surface area contributed by atoms with E-state index in [-0.39, 0.29) is 6.42 Å². The van der Waals surface area contributed by atoms with E-state index in [0.717, 1.165) is 5.56 Å². The maximum Gasteiger partial charge on any atom is 0.326 e. The minimum atomic E-state index is -1.09. The zero-order valence-corrected chi connectivity index (χ0v) is 12.0. The lowest BCUT2D eigenvalue weighted by Gasteiger charge is -2.18. The molecule has 2 rings (SSSR count). The van der Waals surface area contributed by atoms with Crippen LogP contribution in [0.15, 0.2) is 60.7 Å². The van der Waals surface area contributed by atoms with Gasteiger partial charge in [0.05, 0.1) is 0 Å². The molecule has 22 heavy (non-hydrogen) atoms. The molecule has 0 fully saturated rings. The molecule has 0 saturated heterocycles. The van der Waals surface area contributed by atoms with Crippen molar-refractivity contribution in [1.29, 1.82) is 0 Å². The molecular formula is C17H18N2O3. The lowest BCUT2D eigenvalue weighted by atomic mass is 10.0. The minimum absolute atomic E-state index is 0.212. The number of carbonyl (C=O) groups is 2. The molecule has 0 aliphatic carbocycles. The van der Waals surface area contributed by atoms with Gasteiger partial charge in [0.1, 0.15) is 12.1 Å². The molecular weight excluding hydrogens is 280 g/mol. The first kappa shape index (κ1) is 15.7. The van der Waals surface area contributed by atoms with E-state index in [0.29, 0.717) is 5.56 Å². The summed E-state index contributed by atoms with van der Waals surface area (Å²) in [5.41, 5.74) is 7.35. The van der Waals surface area contributed by atoms with Crippen LogP contribution >= 0.6 is 0 Å². The van der Waals surface area contributed by atoms with Gasteiger partial charge in [-0.2, -0.15) is 0 Å². The van der Waals surface area contributed by atoms with Crippen LogP contribution in [0.2, 0.25) is 0 Å². The molecule has 0 unspecified atom stereocenters. The van der Waals surface area contributed by atoms with Crippen LogP contribution < -0.4 is 11.1 Å². The van der Waals surface area contributed by atoms with Crippen molar-refractivity contribution in [2.24, 2.45) is 5.73 Å². The first-order chi connectivity index (χ1) is 10.6. The van der Waals surface area contributed by atoms with Crippen molar-refractivity contribution in [3.05, 3.63) is 71.8 Å². The highest BCUT2D eigenvalue weighted by molar-refractivity contribution is 5.87. The average molecular weight is 298 g/mol. The number of nitrogens with one attached hydrogen (secondary N) is 1. The van der Waals surface area contributed by atoms with E-state index in [9.17, 15) is 14.7 Å². The third kappa shape index (κ3) is 4.17. The van der Waals surface area contributed by atoms with E-state index in [1.165, 1.54) is 0 Å². The number of carboxylic acids is 1. The third-order valence-corrected chi connectivity index (χ3v) is 3.34. The van der Waals surface area contributed by atoms with Crippen LogP contribution in [0.1, 0.15) is 17.2 Å². The van der Waals surface area contributed by atoms with Crippen molar-refractivity contribution >= 4 is 11.9 Å². The van der Waals surface area contributed by atoms with Crippen molar-refractivity contribution < 1.29 is 14.7 Å². The Bertz CT molecular complexity index is 629. The quantitative estimate of drug-likeness (QED) is 0.753. The van der Waals surface area contributed by atoms with Gasteiger partial charge < -0.3 is 16.2 Å². The Morgan fingerprint density at radius 2 is 1.55 bits per heavy atom. The summed E-state index contributed by atoms with van der Waals surface area (Å²) >= 11 is 0. The van der Waals surface area contributed by atoms with Gasteiger partial charge in [0.15, 0.2) is 0 Å². The maximum atomic E-state index is 12.1. The summed E-state index contributed by atoms with van der Waals surface area (Å²) in [5.74, 6) is -1.59. The second-order valence-electron chi connectivity index (χ2n) is 4.98. The first-order valence-corrected chi connectivity index (χ1v) is 6.95. The number of carbonyl (C=O) groups excluding carboxylic acids is 1. The lowest BCUT2D eigenvalue weighted by Crippen LogP contribution is -2.46. The number of benzene rings is 2. The molecule has 0 saturated carbocycles. The van der Waals surface area contributed by atoms with Crippen molar-refractivity contribution in [3.8, 4) is 0 Å². The molecule has 2 aromatic rings. The van der Waals surface area contributed by atoms with Gasteiger partial charge >= 0.3 is 5.97 Å². The zero-order chi connectivity index (χ0) is 15.9. The number of nitrogens with two attached hydrogens (primary N) is 1. The standard InChI is InChI=1S/C17H18N2O3/c18-15(13-9-5-2-6-10-13)16(20)19-14(17(21)22)11-12-7-3-1-4-8-12/h1-10,14-15H,11,18H2,(H,19,20)(H,21,22)/t14-,15+/m0/s1. The Morgan fingerprint density at radius 1 is 1.00 bits per heavy atom. The van der Waals surface area contributed by atoms with E-state index >= 15 is 0 Å². The van der Waals surface area contributed by atoms with Gasteiger partial charge in [0.2, 0.25) is 5.91 Å². The van der Waals surface area contributed by atoms with E-state index in [1.54, 1.807) is 24.3 Å². The summed E-state index contributed by atoms with van der Waals surface area (Å²) in [6.45, 7) is 0. The van der Waals surface area contributed by atoms with Crippen molar-refractivity contribution in [2.45, 2.75) is 18.5 Å². The molecule has 0 radical (unpaired) electrons. The summed E-state index contributed by atoms with van der Waals surface area (Å²) < 4.78 is 0. The number of rotatable bonds is 6. The predicted octanol–water partition coefficient (Wildman–Crippen LogP) is 1.50. The van der Waals surface area contributed by atoms with Crippen LogP contribution in [0.3, 0.4) is 0 Å². The number of carboxylic acid groups (broad SMARTS) is 1. The van der Waals surface area contributed by atoms with Crippen LogP contribution in [0.5, 0.6) is 0 Å². The molecule has 4 N–H and O–H groups in total. The number of amides is 1. The molecule has 5 heteroatoms. The number of hydrogen-bond donors (Lipinski definition) is 3. The highest BCUT2D eigenvalue weighted by Gasteiger charge is 2.24. The van der Waals surface area contributed by atoms with E-state index < -0.39 is 24.0 Å². The van der Waals surface area contributed by atoms with E-state index in [1.807, 2.05) is 36.4 Å². The third-order valence-electron chi connectivity index (χ3n) is 3.34. The Kier molecular flexibility index (Phi) is 5.27. The first-order valence-electron chi connectivity index (χ1n) is 6.95. The summed E-state index contributed by atoms with van der Waals surface area (Å²) in [5, 5.41) is 11.8. The van der Waals surface area contributed by atoms with Crippen molar-refractivity contribution in [2.75, 3.05) is 0 Å². The fourth-order valence-corrected chi connectivity index (χ4v) is 2.12. The van der Waals surface area contributed by atoms with E-state index in [4.69, 9.17) is 5.73 Å². The average Bonchev–Trinajstić information content (AvgIpc) is 2.55. The largest absolute Gasteiger partial charge is 0.480 e. The predicted molar refractivity (Wildman–Crippen MR) is 83.1 cm³/mol. The van der Waals surface area contributed by atoms with Crippen LogP contribution in [-0.2, 0) is 16.0 Å². The van der Waals surface area contributed by atoms with Gasteiger partial charge in [-0.3, -0.25) is 4.79 Å². The van der Waals surface area contributed by atoms with Gasteiger partial charge in [-0.25, -0.2) is 4.79 Å². The van der Waals surface area contributed by atoms with E-state index in [2.05, 4.69) is 5.32 Å². The van der Waals surface area contributed by atoms with Gasteiger partial charge in [-0.15, -0.1) is 0 Å². The molecule has 0 aliphatic heterocycles. The summed E-state index contributed by atoms with van der Waals surface area (Å²) in [6, 6.07) is 16.1. The Balaban J connectivity index is 2.04. The summed E-state index contributed by atoms with van der Waals surface area (Å²) in [4.78, 5) is 23.5. The zero-order valence-electron chi connectivity index (χ0n) is 12.0. The normalized spacial score (nSPS) is 13.1. The highest BCUT2D eigenvalue weighted by atomic mass is 16.4. The molecule has 114 valence electrons. The van der Waals surface area contributed by atoms with Crippen molar-refractivity contribution in [1.82, 2.24) is 5.32 Å². The number of hydrogen-bond acceptors (Lipinski definition) is 3. The molecule has 0 bridgehead atoms. The smallest absolute Gasteiger partial charge is 0.326 e. The van der Waals surface area contributed by atoms with Gasteiger partial charge in [-0.05, 0) is 11.1 Å². The Morgan fingerprint density at radius 3 is 2.09 bits per heavy atom. The number of aliphatic carboxylic acids is 1. The fourth-order valence-electron chi connectivity index (χ4n) is 2.12. The highest BCUT2D eigenvalue weighted by Crippen LogP contribution is 2.10. The summed E-state index contributed by atoms with van der Waals surface area (Å²) in [6.07, 6.45) is 0.212. The maximum absolute atomic E-state index is 12.1. The molecule has 0 aliphatic rings. The van der Waals surface area contributed by atoms with Gasteiger partial charge in [-0.1, -0.05) is 60.7 Å². The second-order valence-corrected chi connectivity index (χ2v) is 4.98. The van der Waals surface area contributed by atoms with Crippen LogP contribution in [-0.4, -0.2) is 23.0 Å². The van der Waals surface area contributed by atoms with Crippen LogP contribution in [0, 0.1) is 0 Å². The van der Waals surface area contributed by atoms with Crippen LogP contribution in [0.25, 0.3) is 0 Å². The lowest BCUT2D eigenvalue weighted by molar-refractivity contribution is -0.142. The molecule has 1 amide bonds. The minimum Gasteiger partial charge on any atom is -0.480 e. The Hall–Kier alpha value is -2.66. The van der Waals surface area contributed by atoms with Gasteiger partial charge in [0, 0.05) is 6.42 Å². The summed E-state index contributed by atoms with van der Waals surface area (Å²) in [7, 11) is 0. The molecule has 2 atom stereocenters. The molecule has 2 aromatic carbocycles. The van der Waals surface area contributed by atoms with Crippen molar-refractivity contribution in [3.63, 3.8) is 0 Å². The second kappa shape index (κ2) is 7.38. The SMILES string of the molecule is N[C@@H](C(=O)N[C@@H](Cc1ccccc1)C(=O)O)c1ccccc1. The topological polar surface area (TPSA) is 92.4 Å². The van der Waals surface area contributed by atoms with Crippen LogP contribution in [0.4, 0.5) is 0 Å². The monoisotopic (exact) mass is 298 g/mol. The fraction of sp³-hybridized carbons (Fsp3) is 0.176. The molecule has 0 spiro atoms. The molecule has 0 heterocycles. The Labute approximate surface area is 128 Å². The molecule has 5 nitrogen and oxygen atoms in total. The molecule has 0 aromatic heterocycles. The van der Waals surface area contributed by atoms with Gasteiger partial charge in [0.25, 0.3) is 0 Å².